The van der Waals surface area contributed by atoms with Crippen LogP contribution in [0.1, 0.15) is 6.42 Å². The maximum absolute atomic E-state index is 13.3. The zero-order valence-electron chi connectivity index (χ0n) is 13.5. The van der Waals surface area contributed by atoms with E-state index in [0.717, 1.165) is 5.39 Å². The third kappa shape index (κ3) is 3.52. The van der Waals surface area contributed by atoms with Crippen molar-refractivity contribution in [1.29, 1.82) is 0 Å². The Morgan fingerprint density at radius 3 is 2.72 bits per heavy atom. The van der Waals surface area contributed by atoms with Gasteiger partial charge in [0, 0.05) is 24.9 Å². The maximum atomic E-state index is 13.3. The number of aliphatic hydroxyl groups excluding tert-OH is 1. The summed E-state index contributed by atoms with van der Waals surface area (Å²) in [6, 6.07) is 12.2. The highest BCUT2D eigenvalue weighted by Gasteiger charge is 2.42. The van der Waals surface area contributed by atoms with E-state index >= 15 is 0 Å². The van der Waals surface area contributed by atoms with Crippen molar-refractivity contribution in [1.82, 2.24) is 4.90 Å². The van der Waals surface area contributed by atoms with Crippen LogP contribution in [0, 0.1) is 0 Å². The predicted molar refractivity (Wildman–Crippen MR) is 92.3 cm³/mol. The number of carbonyl (C=O) groups excluding carboxylic acids is 1. The third-order valence-corrected chi connectivity index (χ3v) is 6.43. The van der Waals surface area contributed by atoms with E-state index in [4.69, 9.17) is 10.5 Å². The first kappa shape index (κ1) is 17.8. The molecule has 0 bridgehead atoms. The van der Waals surface area contributed by atoms with Crippen molar-refractivity contribution < 1.29 is 23.1 Å². The summed E-state index contributed by atoms with van der Waals surface area (Å²) in [5.74, 6) is -0.526. The lowest BCUT2D eigenvalue weighted by molar-refractivity contribution is -0.159. The highest BCUT2D eigenvalue weighted by Crippen LogP contribution is 2.30. The fourth-order valence-corrected chi connectivity index (χ4v) is 5.11. The van der Waals surface area contributed by atoms with Crippen molar-refractivity contribution in [3.63, 3.8) is 0 Å². The van der Waals surface area contributed by atoms with E-state index in [0.29, 0.717) is 11.9 Å². The Morgan fingerprint density at radius 1 is 1.24 bits per heavy atom. The second-order valence-corrected chi connectivity index (χ2v) is 7.94. The average Bonchev–Trinajstić information content (AvgIpc) is 2.59. The molecule has 1 saturated heterocycles. The Hall–Kier alpha value is -2.00. The molecule has 0 aromatic heterocycles. The molecule has 3 rings (SSSR count). The second-order valence-electron chi connectivity index (χ2n) is 5.93. The molecule has 0 saturated carbocycles. The summed E-state index contributed by atoms with van der Waals surface area (Å²) in [7, 11) is -3.94. The zero-order chi connectivity index (χ0) is 18.0. The Labute approximate surface area is 145 Å². The summed E-state index contributed by atoms with van der Waals surface area (Å²) in [6.07, 6.45) is -1.49. The number of aliphatic hydroxyl groups is 1. The number of benzene rings is 2. The standard InChI is InChI=1S/C17H20N2O5S/c18-15(20)8-9-19-10-11-24-17(21)16(19)25(22,23)14-7-3-5-12-4-1-2-6-13(12)14/h1-7,16-17,21H,8-11H2,(H2,18,20). The molecule has 134 valence electrons. The Kier molecular flexibility index (Phi) is 5.05. The average molecular weight is 364 g/mol. The molecule has 2 aromatic rings. The molecule has 7 nitrogen and oxygen atoms in total. The minimum absolute atomic E-state index is 0.00821. The molecule has 2 atom stereocenters. The zero-order valence-corrected chi connectivity index (χ0v) is 14.4. The maximum Gasteiger partial charge on any atom is 0.218 e. The van der Waals surface area contributed by atoms with Gasteiger partial charge in [-0.25, -0.2) is 8.42 Å². The lowest BCUT2D eigenvalue weighted by Gasteiger charge is -2.38. The molecule has 3 N–H and O–H groups in total. The number of nitrogens with two attached hydrogens (primary N) is 1. The van der Waals surface area contributed by atoms with Crippen molar-refractivity contribution in [2.45, 2.75) is 23.0 Å². The molecular weight excluding hydrogens is 344 g/mol. The van der Waals surface area contributed by atoms with Crippen LogP contribution >= 0.6 is 0 Å². The van der Waals surface area contributed by atoms with Crippen LogP contribution < -0.4 is 5.73 Å². The first-order valence-electron chi connectivity index (χ1n) is 7.95. The van der Waals surface area contributed by atoms with E-state index in [2.05, 4.69) is 0 Å². The molecule has 1 aliphatic rings. The Morgan fingerprint density at radius 2 is 1.96 bits per heavy atom. The lowest BCUT2D eigenvalue weighted by Crippen LogP contribution is -2.55. The van der Waals surface area contributed by atoms with Gasteiger partial charge < -0.3 is 15.6 Å². The number of rotatable bonds is 5. The molecule has 0 radical (unpaired) electrons. The summed E-state index contributed by atoms with van der Waals surface area (Å²) in [4.78, 5) is 12.7. The lowest BCUT2D eigenvalue weighted by atomic mass is 10.1. The summed E-state index contributed by atoms with van der Waals surface area (Å²) in [6.45, 7) is 0.616. The molecule has 8 heteroatoms. The van der Waals surface area contributed by atoms with E-state index in [9.17, 15) is 18.3 Å². The van der Waals surface area contributed by atoms with Gasteiger partial charge in [0.1, 0.15) is 0 Å². The number of amides is 1. The number of hydrogen-bond donors (Lipinski definition) is 2. The molecule has 0 spiro atoms. The minimum atomic E-state index is -3.94. The van der Waals surface area contributed by atoms with E-state index in [1.54, 1.807) is 18.2 Å². The van der Waals surface area contributed by atoms with Crippen LogP contribution in [0.5, 0.6) is 0 Å². The summed E-state index contributed by atoms with van der Waals surface area (Å²) in [5.41, 5.74) is 5.18. The largest absolute Gasteiger partial charge is 0.370 e. The summed E-state index contributed by atoms with van der Waals surface area (Å²) >= 11 is 0. The van der Waals surface area contributed by atoms with Gasteiger partial charge in [-0.2, -0.15) is 0 Å². The normalized spacial score (nSPS) is 22.1. The smallest absolute Gasteiger partial charge is 0.218 e. The number of primary amides is 1. The van der Waals surface area contributed by atoms with Gasteiger partial charge in [0.25, 0.3) is 0 Å². The van der Waals surface area contributed by atoms with Gasteiger partial charge in [-0.1, -0.05) is 36.4 Å². The molecular formula is C17H20N2O5S. The van der Waals surface area contributed by atoms with Gasteiger partial charge in [-0.05, 0) is 11.5 Å². The van der Waals surface area contributed by atoms with Crippen LogP contribution in [0.15, 0.2) is 47.4 Å². The monoisotopic (exact) mass is 364 g/mol. The second kappa shape index (κ2) is 7.09. The fraction of sp³-hybridized carbons (Fsp3) is 0.353. The topological polar surface area (TPSA) is 110 Å². The van der Waals surface area contributed by atoms with Crippen molar-refractivity contribution in [3.8, 4) is 0 Å². The van der Waals surface area contributed by atoms with Crippen molar-refractivity contribution >= 4 is 26.5 Å². The fourth-order valence-electron chi connectivity index (χ4n) is 3.10. The SMILES string of the molecule is NC(=O)CCN1CCOC(O)C1S(=O)(=O)c1cccc2ccccc12. The van der Waals surface area contributed by atoms with E-state index < -0.39 is 27.4 Å². The van der Waals surface area contributed by atoms with E-state index in [1.165, 1.54) is 11.0 Å². The van der Waals surface area contributed by atoms with Crippen molar-refractivity contribution in [2.24, 2.45) is 5.73 Å². The highest BCUT2D eigenvalue weighted by atomic mass is 32.2. The van der Waals surface area contributed by atoms with Crippen LogP contribution in [0.25, 0.3) is 10.8 Å². The minimum Gasteiger partial charge on any atom is -0.370 e. The summed E-state index contributed by atoms with van der Waals surface area (Å²) in [5, 5.41) is 10.3. The Balaban J connectivity index is 2.04. The number of carbonyl (C=O) groups is 1. The Bertz CT molecular complexity index is 878. The van der Waals surface area contributed by atoms with Crippen molar-refractivity contribution in [2.75, 3.05) is 19.7 Å². The quantitative estimate of drug-likeness (QED) is 0.798. The van der Waals surface area contributed by atoms with Crippen LogP contribution in [0.4, 0.5) is 0 Å². The molecule has 25 heavy (non-hydrogen) atoms. The third-order valence-electron chi connectivity index (χ3n) is 4.29. The van der Waals surface area contributed by atoms with Gasteiger partial charge in [-0.3, -0.25) is 9.69 Å². The molecule has 2 unspecified atom stereocenters. The van der Waals surface area contributed by atoms with Gasteiger partial charge in [0.2, 0.25) is 5.91 Å². The number of morpholine rings is 1. The van der Waals surface area contributed by atoms with Gasteiger partial charge in [-0.15, -0.1) is 0 Å². The van der Waals surface area contributed by atoms with E-state index in [1.807, 2.05) is 18.2 Å². The van der Waals surface area contributed by atoms with Crippen LogP contribution in [-0.2, 0) is 19.4 Å². The molecule has 0 aliphatic carbocycles. The number of nitrogens with zero attached hydrogens (tertiary/aromatic N) is 1. The van der Waals surface area contributed by atoms with Gasteiger partial charge in [0.05, 0.1) is 11.5 Å². The van der Waals surface area contributed by atoms with E-state index in [-0.39, 0.29) is 24.5 Å². The molecule has 2 aromatic carbocycles. The number of ether oxygens (including phenoxy) is 1. The van der Waals surface area contributed by atoms with Crippen LogP contribution in [0.3, 0.4) is 0 Å². The number of sulfone groups is 1. The van der Waals surface area contributed by atoms with Gasteiger partial charge >= 0.3 is 0 Å². The molecule has 1 heterocycles. The molecule has 1 amide bonds. The molecule has 1 aliphatic heterocycles. The first-order valence-corrected chi connectivity index (χ1v) is 9.49. The van der Waals surface area contributed by atoms with Crippen LogP contribution in [-0.4, -0.2) is 55.7 Å². The van der Waals surface area contributed by atoms with Gasteiger partial charge in [0.15, 0.2) is 21.5 Å². The van der Waals surface area contributed by atoms with Crippen LogP contribution in [0.2, 0.25) is 0 Å². The molecule has 1 fully saturated rings. The first-order chi connectivity index (χ1) is 11.9. The highest BCUT2D eigenvalue weighted by molar-refractivity contribution is 7.92. The summed E-state index contributed by atoms with van der Waals surface area (Å²) < 4.78 is 31.7. The number of fused-ring (bicyclic) bond motifs is 1. The number of hydrogen-bond acceptors (Lipinski definition) is 6. The predicted octanol–water partition coefficient (Wildman–Crippen LogP) is 0.466. The van der Waals surface area contributed by atoms with Crippen molar-refractivity contribution in [3.05, 3.63) is 42.5 Å².